The first-order valence-electron chi connectivity index (χ1n) is 6.25. The molecule has 0 spiro atoms. The molecule has 104 valence electrons. The van der Waals surface area contributed by atoms with E-state index in [-0.39, 0.29) is 5.38 Å². The number of benzene rings is 1. The maximum atomic E-state index is 6.28. The number of alkyl halides is 1. The predicted octanol–water partition coefficient (Wildman–Crippen LogP) is 4.91. The zero-order chi connectivity index (χ0) is 14.3. The number of thiazole rings is 1. The van der Waals surface area contributed by atoms with Crippen molar-refractivity contribution in [2.75, 3.05) is 0 Å². The molecule has 0 bridgehead atoms. The average molecular weight is 371 g/mol. The molecule has 0 saturated carbocycles. The summed E-state index contributed by atoms with van der Waals surface area (Å²) in [6.07, 6.45) is 1.92. The highest BCUT2D eigenvalue weighted by Gasteiger charge is 2.16. The molecule has 3 nitrogen and oxygen atoms in total. The summed E-state index contributed by atoms with van der Waals surface area (Å²) in [5, 5.41) is 0.946. The van der Waals surface area contributed by atoms with Gasteiger partial charge in [0.2, 0.25) is 0 Å². The van der Waals surface area contributed by atoms with Gasteiger partial charge >= 0.3 is 0 Å². The molecule has 1 atom stereocenters. The molecule has 1 unspecified atom stereocenters. The van der Waals surface area contributed by atoms with Crippen molar-refractivity contribution >= 4 is 49.9 Å². The minimum absolute atomic E-state index is 0.129. The molecule has 20 heavy (non-hydrogen) atoms. The Morgan fingerprint density at radius 1 is 1.45 bits per heavy atom. The van der Waals surface area contributed by atoms with E-state index in [1.165, 1.54) is 4.88 Å². The normalized spacial score (nSPS) is 13.0. The third-order valence-electron chi connectivity index (χ3n) is 3.08. The first-order valence-corrected chi connectivity index (χ1v) is 8.30. The van der Waals surface area contributed by atoms with Crippen LogP contribution in [0.15, 0.2) is 28.9 Å². The van der Waals surface area contributed by atoms with Crippen LogP contribution in [0.1, 0.15) is 28.0 Å². The van der Waals surface area contributed by atoms with Crippen molar-refractivity contribution in [3.63, 3.8) is 0 Å². The second-order valence-corrected chi connectivity index (χ2v) is 7.54. The van der Waals surface area contributed by atoms with E-state index in [1.807, 2.05) is 32.2 Å². The second-order valence-electron chi connectivity index (χ2n) is 4.65. The fourth-order valence-electron chi connectivity index (χ4n) is 2.22. The van der Waals surface area contributed by atoms with Crippen molar-refractivity contribution in [2.45, 2.75) is 25.8 Å². The number of fused-ring (bicyclic) bond motifs is 1. The molecule has 0 aliphatic carbocycles. The summed E-state index contributed by atoms with van der Waals surface area (Å²) in [4.78, 5) is 10.2. The van der Waals surface area contributed by atoms with Crippen LogP contribution < -0.4 is 0 Å². The van der Waals surface area contributed by atoms with Gasteiger partial charge in [-0.3, -0.25) is 0 Å². The first-order chi connectivity index (χ1) is 9.54. The van der Waals surface area contributed by atoms with Crippen molar-refractivity contribution in [2.24, 2.45) is 0 Å². The molecule has 6 heteroatoms. The van der Waals surface area contributed by atoms with Crippen LogP contribution in [-0.4, -0.2) is 14.5 Å². The molecule has 0 amide bonds. The fraction of sp³-hybridized carbons (Fsp3) is 0.286. The van der Waals surface area contributed by atoms with Crippen LogP contribution >= 0.6 is 38.9 Å². The van der Waals surface area contributed by atoms with Crippen LogP contribution in [0.4, 0.5) is 0 Å². The highest BCUT2D eigenvalue weighted by Crippen LogP contribution is 2.28. The highest BCUT2D eigenvalue weighted by atomic mass is 79.9. The Kier molecular flexibility index (Phi) is 3.84. The van der Waals surface area contributed by atoms with Gasteiger partial charge in [0.05, 0.1) is 28.0 Å². The topological polar surface area (TPSA) is 30.7 Å². The van der Waals surface area contributed by atoms with Gasteiger partial charge in [-0.05, 0) is 32.0 Å². The lowest BCUT2D eigenvalue weighted by atomic mass is 10.3. The van der Waals surface area contributed by atoms with Crippen molar-refractivity contribution in [3.05, 3.63) is 44.6 Å². The first kappa shape index (κ1) is 14.0. The number of aromatic nitrogens is 3. The molecule has 3 rings (SSSR count). The van der Waals surface area contributed by atoms with E-state index >= 15 is 0 Å². The summed E-state index contributed by atoms with van der Waals surface area (Å²) in [6.45, 7) is 4.72. The van der Waals surface area contributed by atoms with Crippen molar-refractivity contribution < 1.29 is 0 Å². The number of nitrogens with zero attached hydrogens (tertiary/aromatic N) is 3. The van der Waals surface area contributed by atoms with Gasteiger partial charge in [0, 0.05) is 15.5 Å². The Hall–Kier alpha value is -0.910. The average Bonchev–Trinajstić information content (AvgIpc) is 2.95. The molecule has 2 aromatic heterocycles. The van der Waals surface area contributed by atoms with Crippen LogP contribution in [0, 0.1) is 6.92 Å². The van der Waals surface area contributed by atoms with Crippen LogP contribution in [-0.2, 0) is 6.54 Å². The zero-order valence-electron chi connectivity index (χ0n) is 11.1. The molecular weight excluding hydrogens is 358 g/mol. The Bertz CT molecular complexity index is 763. The molecule has 3 aromatic rings. The lowest BCUT2D eigenvalue weighted by molar-refractivity contribution is 0.749. The van der Waals surface area contributed by atoms with E-state index in [0.29, 0.717) is 0 Å². The monoisotopic (exact) mass is 369 g/mol. The largest absolute Gasteiger partial charge is 0.321 e. The van der Waals surface area contributed by atoms with Gasteiger partial charge in [0.1, 0.15) is 5.82 Å². The summed E-state index contributed by atoms with van der Waals surface area (Å²) >= 11 is 11.5. The SMILES string of the molecule is Cc1ncc(Cn2c(C(C)Cl)nc3ccc(Br)cc32)s1. The van der Waals surface area contributed by atoms with E-state index in [2.05, 4.69) is 36.5 Å². The third kappa shape index (κ3) is 2.62. The quantitative estimate of drug-likeness (QED) is 0.613. The molecular formula is C14H13BrClN3S. The summed E-state index contributed by atoms with van der Waals surface area (Å²) in [7, 11) is 0. The van der Waals surface area contributed by atoms with Gasteiger partial charge < -0.3 is 4.57 Å². The molecule has 0 aliphatic rings. The van der Waals surface area contributed by atoms with Crippen LogP contribution in [0.3, 0.4) is 0 Å². The van der Waals surface area contributed by atoms with Crippen LogP contribution in [0.25, 0.3) is 11.0 Å². The standard InChI is InChI=1S/C14H13BrClN3S/c1-8(16)14-18-12-4-3-10(15)5-13(12)19(14)7-11-6-17-9(2)20-11/h3-6,8H,7H2,1-2H3. The van der Waals surface area contributed by atoms with Gasteiger partial charge in [-0.15, -0.1) is 22.9 Å². The molecule has 0 fully saturated rings. The molecule has 0 radical (unpaired) electrons. The fourth-order valence-corrected chi connectivity index (χ4v) is 3.52. The summed E-state index contributed by atoms with van der Waals surface area (Å²) in [6, 6.07) is 6.09. The summed E-state index contributed by atoms with van der Waals surface area (Å²) < 4.78 is 3.21. The summed E-state index contributed by atoms with van der Waals surface area (Å²) in [5.74, 6) is 0.894. The molecule has 0 N–H and O–H groups in total. The van der Waals surface area contributed by atoms with Gasteiger partial charge in [0.25, 0.3) is 0 Å². The Balaban J connectivity index is 2.15. The minimum atomic E-state index is -0.129. The minimum Gasteiger partial charge on any atom is -0.321 e. The van der Waals surface area contributed by atoms with Crippen molar-refractivity contribution in [1.82, 2.24) is 14.5 Å². The summed E-state index contributed by atoms with van der Waals surface area (Å²) in [5.41, 5.74) is 2.06. The van der Waals surface area contributed by atoms with E-state index in [0.717, 1.165) is 32.9 Å². The van der Waals surface area contributed by atoms with Crippen LogP contribution in [0.5, 0.6) is 0 Å². The Morgan fingerprint density at radius 3 is 2.90 bits per heavy atom. The maximum Gasteiger partial charge on any atom is 0.128 e. The van der Waals surface area contributed by atoms with Gasteiger partial charge in [0.15, 0.2) is 0 Å². The van der Waals surface area contributed by atoms with E-state index in [1.54, 1.807) is 11.3 Å². The van der Waals surface area contributed by atoms with E-state index in [4.69, 9.17) is 11.6 Å². The van der Waals surface area contributed by atoms with Gasteiger partial charge in [-0.25, -0.2) is 9.97 Å². The number of rotatable bonds is 3. The van der Waals surface area contributed by atoms with Crippen molar-refractivity contribution in [1.29, 1.82) is 0 Å². The van der Waals surface area contributed by atoms with E-state index in [9.17, 15) is 0 Å². The number of hydrogen-bond acceptors (Lipinski definition) is 3. The molecule has 0 aliphatic heterocycles. The maximum absolute atomic E-state index is 6.28. The van der Waals surface area contributed by atoms with Gasteiger partial charge in [-0.1, -0.05) is 15.9 Å². The third-order valence-corrected chi connectivity index (χ3v) is 4.66. The number of imidazole rings is 1. The highest BCUT2D eigenvalue weighted by molar-refractivity contribution is 9.10. The van der Waals surface area contributed by atoms with Crippen molar-refractivity contribution in [3.8, 4) is 0 Å². The van der Waals surface area contributed by atoms with E-state index < -0.39 is 0 Å². The Morgan fingerprint density at radius 2 is 2.25 bits per heavy atom. The molecule has 2 heterocycles. The molecule has 1 aromatic carbocycles. The van der Waals surface area contributed by atoms with Gasteiger partial charge in [-0.2, -0.15) is 0 Å². The lowest BCUT2D eigenvalue weighted by Gasteiger charge is -2.09. The molecule has 0 saturated heterocycles. The smallest absolute Gasteiger partial charge is 0.128 e. The van der Waals surface area contributed by atoms with Crippen LogP contribution in [0.2, 0.25) is 0 Å². The zero-order valence-corrected chi connectivity index (χ0v) is 14.3. The second kappa shape index (κ2) is 5.47. The Labute approximate surface area is 134 Å². The number of halogens is 2. The predicted molar refractivity (Wildman–Crippen MR) is 87.7 cm³/mol. The number of hydrogen-bond donors (Lipinski definition) is 0. The lowest BCUT2D eigenvalue weighted by Crippen LogP contribution is -2.04. The number of aryl methyl sites for hydroxylation is 1.